The first-order valence-corrected chi connectivity index (χ1v) is 15.3. The van der Waals surface area contributed by atoms with Crippen molar-refractivity contribution in [3.63, 3.8) is 0 Å². The quantitative estimate of drug-likeness (QED) is 0.157. The topological polar surface area (TPSA) is 93.6 Å². The van der Waals surface area contributed by atoms with Crippen molar-refractivity contribution >= 4 is 62.1 Å². The standard InChI is InChI=1S/C31H29Cl2NO5S/c32-25-11-15-28(16-12-25)40(37,38)19-17-30(39-18-2-1-6-31(35)36)24-5-3-4-22(20-24)7-13-27-14-9-23-8-10-26(33)21-29(23)34-27/h3-5,7-16,20-21,30H,1-2,6,17-19H2,(H,35,36)/b13-7+. The van der Waals surface area contributed by atoms with Crippen LogP contribution in [0, 0.1) is 0 Å². The first-order chi connectivity index (χ1) is 19.2. The molecule has 0 saturated carbocycles. The molecule has 1 heterocycles. The van der Waals surface area contributed by atoms with Gasteiger partial charge in [0.05, 0.1) is 28.0 Å². The Hall–Kier alpha value is -3.23. The highest BCUT2D eigenvalue weighted by Gasteiger charge is 2.20. The van der Waals surface area contributed by atoms with Crippen molar-refractivity contribution in [3.05, 3.63) is 106 Å². The van der Waals surface area contributed by atoms with Crippen molar-refractivity contribution in [3.8, 4) is 0 Å². The molecule has 0 saturated heterocycles. The number of hydrogen-bond acceptors (Lipinski definition) is 5. The normalized spacial score (nSPS) is 12.7. The fourth-order valence-corrected chi connectivity index (χ4v) is 5.82. The first-order valence-electron chi connectivity index (χ1n) is 12.9. The number of nitrogens with zero attached hydrogens (tertiary/aromatic N) is 1. The second-order valence-electron chi connectivity index (χ2n) is 9.35. The average Bonchev–Trinajstić information content (AvgIpc) is 2.93. The summed E-state index contributed by atoms with van der Waals surface area (Å²) in [4.78, 5) is 15.7. The lowest BCUT2D eigenvalue weighted by molar-refractivity contribution is -0.137. The van der Waals surface area contributed by atoms with E-state index in [9.17, 15) is 13.2 Å². The van der Waals surface area contributed by atoms with Crippen LogP contribution in [0.15, 0.2) is 83.8 Å². The molecule has 1 N–H and O–H groups in total. The van der Waals surface area contributed by atoms with Crippen LogP contribution >= 0.6 is 23.2 Å². The van der Waals surface area contributed by atoms with Gasteiger partial charge in [-0.05, 0) is 85.0 Å². The lowest BCUT2D eigenvalue weighted by Crippen LogP contribution is -2.14. The summed E-state index contributed by atoms with van der Waals surface area (Å²) in [5.41, 5.74) is 3.33. The predicted octanol–water partition coefficient (Wildman–Crippen LogP) is 7.89. The number of halogens is 2. The van der Waals surface area contributed by atoms with Crippen LogP contribution in [0.2, 0.25) is 10.0 Å². The minimum absolute atomic E-state index is 0.0638. The number of rotatable bonds is 13. The van der Waals surface area contributed by atoms with Crippen molar-refractivity contribution < 1.29 is 23.1 Å². The molecule has 208 valence electrons. The van der Waals surface area contributed by atoms with E-state index in [1.165, 1.54) is 12.1 Å². The zero-order chi connectivity index (χ0) is 28.5. The maximum atomic E-state index is 13.0. The third-order valence-electron chi connectivity index (χ3n) is 6.33. The fraction of sp³-hybridized carbons (Fsp3) is 0.226. The van der Waals surface area contributed by atoms with Gasteiger partial charge in [0.25, 0.3) is 0 Å². The Balaban J connectivity index is 1.51. The highest BCUT2D eigenvalue weighted by Crippen LogP contribution is 2.27. The van der Waals surface area contributed by atoms with Crippen LogP contribution in [0.5, 0.6) is 0 Å². The van der Waals surface area contributed by atoms with Crippen LogP contribution in [-0.4, -0.2) is 36.8 Å². The maximum Gasteiger partial charge on any atom is 0.303 e. The third-order valence-corrected chi connectivity index (χ3v) is 8.58. The highest BCUT2D eigenvalue weighted by molar-refractivity contribution is 7.91. The van der Waals surface area contributed by atoms with Gasteiger partial charge in [0.1, 0.15) is 0 Å². The third kappa shape index (κ3) is 8.63. The largest absolute Gasteiger partial charge is 0.481 e. The van der Waals surface area contributed by atoms with Gasteiger partial charge in [-0.15, -0.1) is 0 Å². The van der Waals surface area contributed by atoms with Gasteiger partial charge in [-0.1, -0.05) is 59.6 Å². The Bertz CT molecular complexity index is 1600. The summed E-state index contributed by atoms with van der Waals surface area (Å²) in [5, 5.41) is 11.0. The molecule has 0 aliphatic rings. The van der Waals surface area contributed by atoms with Gasteiger partial charge < -0.3 is 9.84 Å². The van der Waals surface area contributed by atoms with Gasteiger partial charge in [-0.3, -0.25) is 4.79 Å². The van der Waals surface area contributed by atoms with Gasteiger partial charge >= 0.3 is 5.97 Å². The van der Waals surface area contributed by atoms with Crippen LogP contribution in [0.25, 0.3) is 23.1 Å². The Morgan fingerprint density at radius 2 is 1.68 bits per heavy atom. The van der Waals surface area contributed by atoms with E-state index < -0.39 is 21.9 Å². The van der Waals surface area contributed by atoms with Crippen molar-refractivity contribution in [2.24, 2.45) is 0 Å². The molecule has 0 amide bonds. The molecule has 3 aromatic carbocycles. The van der Waals surface area contributed by atoms with E-state index >= 15 is 0 Å². The number of unbranched alkanes of at least 4 members (excludes halogenated alkanes) is 1. The number of carboxylic acids is 1. The summed E-state index contributed by atoms with van der Waals surface area (Å²) in [7, 11) is -3.55. The summed E-state index contributed by atoms with van der Waals surface area (Å²) in [5.74, 6) is -0.966. The Morgan fingerprint density at radius 1 is 0.925 bits per heavy atom. The van der Waals surface area contributed by atoms with Crippen LogP contribution < -0.4 is 0 Å². The first kappa shape index (κ1) is 29.7. The van der Waals surface area contributed by atoms with E-state index in [0.29, 0.717) is 29.5 Å². The molecule has 6 nitrogen and oxygen atoms in total. The molecule has 9 heteroatoms. The van der Waals surface area contributed by atoms with Gasteiger partial charge in [0.2, 0.25) is 0 Å². The molecule has 0 bridgehead atoms. The van der Waals surface area contributed by atoms with Crippen molar-refractivity contribution in [2.45, 2.75) is 36.7 Å². The monoisotopic (exact) mass is 597 g/mol. The van der Waals surface area contributed by atoms with Crippen molar-refractivity contribution in [2.75, 3.05) is 12.4 Å². The second kappa shape index (κ2) is 13.9. The Morgan fingerprint density at radius 3 is 2.45 bits per heavy atom. The average molecular weight is 599 g/mol. The molecule has 4 rings (SSSR count). The van der Waals surface area contributed by atoms with Crippen LogP contribution in [0.3, 0.4) is 0 Å². The fourth-order valence-electron chi connectivity index (χ4n) is 4.22. The number of carbonyl (C=O) groups is 1. The second-order valence-corrected chi connectivity index (χ2v) is 12.3. The molecule has 1 atom stereocenters. The van der Waals surface area contributed by atoms with Gasteiger partial charge in [-0.2, -0.15) is 0 Å². The number of pyridine rings is 1. The summed E-state index contributed by atoms with van der Waals surface area (Å²) in [6.07, 6.45) is 4.71. The number of sulfone groups is 1. The number of fused-ring (bicyclic) bond motifs is 1. The molecule has 0 aliphatic carbocycles. The van der Waals surface area contributed by atoms with E-state index in [-0.39, 0.29) is 23.5 Å². The lowest BCUT2D eigenvalue weighted by Gasteiger charge is -2.19. The molecular weight excluding hydrogens is 569 g/mol. The molecule has 1 aromatic heterocycles. The maximum absolute atomic E-state index is 13.0. The van der Waals surface area contributed by atoms with E-state index in [4.69, 9.17) is 33.0 Å². The number of hydrogen-bond donors (Lipinski definition) is 1. The number of benzene rings is 3. The molecule has 1 unspecified atom stereocenters. The van der Waals surface area contributed by atoms with E-state index in [0.717, 1.165) is 27.7 Å². The zero-order valence-electron chi connectivity index (χ0n) is 21.7. The highest BCUT2D eigenvalue weighted by atomic mass is 35.5. The summed E-state index contributed by atoms with van der Waals surface area (Å²) in [6, 6.07) is 23.3. The minimum atomic E-state index is -3.55. The number of aliphatic carboxylic acids is 1. The van der Waals surface area contributed by atoms with Gasteiger partial charge in [0.15, 0.2) is 9.84 Å². The lowest BCUT2D eigenvalue weighted by atomic mass is 10.0. The summed E-state index contributed by atoms with van der Waals surface area (Å²) >= 11 is 12.0. The molecule has 40 heavy (non-hydrogen) atoms. The molecular formula is C31H29Cl2NO5S. The van der Waals surface area contributed by atoms with Crippen molar-refractivity contribution in [1.82, 2.24) is 4.98 Å². The Labute approximate surface area is 244 Å². The smallest absolute Gasteiger partial charge is 0.303 e. The molecule has 4 aromatic rings. The van der Waals surface area contributed by atoms with Crippen LogP contribution in [0.1, 0.15) is 48.6 Å². The molecule has 0 spiro atoms. The Kier molecular flexibility index (Phi) is 10.3. The van der Waals surface area contributed by atoms with E-state index in [2.05, 4.69) is 4.98 Å². The molecule has 0 aliphatic heterocycles. The summed E-state index contributed by atoms with van der Waals surface area (Å²) in [6.45, 7) is 0.322. The minimum Gasteiger partial charge on any atom is -0.481 e. The van der Waals surface area contributed by atoms with Gasteiger partial charge in [-0.25, -0.2) is 13.4 Å². The van der Waals surface area contributed by atoms with Crippen molar-refractivity contribution in [1.29, 1.82) is 0 Å². The number of aromatic nitrogens is 1. The predicted molar refractivity (Wildman–Crippen MR) is 160 cm³/mol. The SMILES string of the molecule is O=C(O)CCCCOC(CCS(=O)(=O)c1ccc(Cl)cc1)c1cccc(/C=C/c2ccc3ccc(Cl)cc3n2)c1. The summed E-state index contributed by atoms with van der Waals surface area (Å²) < 4.78 is 32.1. The van der Waals surface area contributed by atoms with Crippen LogP contribution in [-0.2, 0) is 19.4 Å². The van der Waals surface area contributed by atoms with E-state index in [1.54, 1.807) is 12.1 Å². The number of carboxylic acid groups (broad SMARTS) is 1. The number of ether oxygens (including phenoxy) is 1. The van der Waals surface area contributed by atoms with Crippen LogP contribution in [0.4, 0.5) is 0 Å². The van der Waals surface area contributed by atoms with Gasteiger partial charge in [0, 0.05) is 28.5 Å². The molecule has 0 radical (unpaired) electrons. The molecule has 0 fully saturated rings. The van der Waals surface area contributed by atoms with E-state index in [1.807, 2.05) is 66.7 Å². The zero-order valence-corrected chi connectivity index (χ0v) is 24.0.